The van der Waals surface area contributed by atoms with Crippen LogP contribution >= 0.6 is 0 Å². The van der Waals surface area contributed by atoms with E-state index in [1.54, 1.807) is 0 Å². The van der Waals surface area contributed by atoms with E-state index in [9.17, 15) is 0 Å². The molecule has 0 amide bonds. The van der Waals surface area contributed by atoms with Gasteiger partial charge >= 0.3 is 0 Å². The highest BCUT2D eigenvalue weighted by atomic mass is 16.7. The molecule has 0 radical (unpaired) electrons. The summed E-state index contributed by atoms with van der Waals surface area (Å²) in [4.78, 5) is 2.53. The number of piperidine rings is 1. The fourth-order valence-electron chi connectivity index (χ4n) is 3.59. The number of ether oxygens (including phenoxy) is 3. The smallest absolute Gasteiger partial charge is 0.170 e. The topological polar surface area (TPSA) is 30.9 Å². The number of rotatable bonds is 3. The molecule has 4 nitrogen and oxygen atoms in total. The predicted octanol–water partition coefficient (Wildman–Crippen LogP) is 2.00. The molecule has 1 aromatic rings. The van der Waals surface area contributed by atoms with Crippen molar-refractivity contribution in [2.24, 2.45) is 0 Å². The number of hydrogen-bond donors (Lipinski definition) is 0. The van der Waals surface area contributed by atoms with Crippen molar-refractivity contribution < 1.29 is 14.2 Å². The van der Waals surface area contributed by atoms with Gasteiger partial charge in [0.2, 0.25) is 0 Å². The van der Waals surface area contributed by atoms with Gasteiger partial charge in [-0.1, -0.05) is 12.1 Å². The van der Waals surface area contributed by atoms with E-state index >= 15 is 0 Å². The summed E-state index contributed by atoms with van der Waals surface area (Å²) in [5.74, 6) is 0.829. The second-order valence-electron chi connectivity index (χ2n) is 6.24. The van der Waals surface area contributed by atoms with Crippen LogP contribution in [0.4, 0.5) is 0 Å². The predicted molar refractivity (Wildman–Crippen MR) is 79.7 cm³/mol. The van der Waals surface area contributed by atoms with Crippen LogP contribution in [0.25, 0.3) is 0 Å². The van der Waals surface area contributed by atoms with Crippen molar-refractivity contribution in [2.45, 2.75) is 31.5 Å². The Morgan fingerprint density at radius 1 is 1.05 bits per heavy atom. The SMILES string of the molecule is c1cc2c(cc1CCN1CCC3(CC1)OCCO3)CCO2. The van der Waals surface area contributed by atoms with Crippen molar-refractivity contribution in [3.63, 3.8) is 0 Å². The zero-order valence-electron chi connectivity index (χ0n) is 12.5. The van der Waals surface area contributed by atoms with Crippen LogP contribution in [0.15, 0.2) is 18.2 Å². The Labute approximate surface area is 126 Å². The first-order valence-corrected chi connectivity index (χ1v) is 8.08. The number of benzene rings is 1. The van der Waals surface area contributed by atoms with Crippen LogP contribution < -0.4 is 4.74 Å². The number of likely N-dealkylation sites (tertiary alicyclic amines) is 1. The molecule has 1 aromatic carbocycles. The monoisotopic (exact) mass is 289 g/mol. The van der Waals surface area contributed by atoms with Crippen LogP contribution in [-0.2, 0) is 22.3 Å². The molecule has 4 heteroatoms. The molecule has 0 bridgehead atoms. The lowest BCUT2D eigenvalue weighted by atomic mass is 10.0. The fourth-order valence-corrected chi connectivity index (χ4v) is 3.59. The first-order chi connectivity index (χ1) is 10.3. The Morgan fingerprint density at radius 2 is 1.86 bits per heavy atom. The third-order valence-corrected chi connectivity index (χ3v) is 4.90. The number of nitrogens with zero attached hydrogens (tertiary/aromatic N) is 1. The van der Waals surface area contributed by atoms with Crippen molar-refractivity contribution in [1.29, 1.82) is 0 Å². The van der Waals surface area contributed by atoms with Crippen LogP contribution in [0.5, 0.6) is 5.75 Å². The summed E-state index contributed by atoms with van der Waals surface area (Å²) >= 11 is 0. The van der Waals surface area contributed by atoms with Gasteiger partial charge in [0.25, 0.3) is 0 Å². The van der Waals surface area contributed by atoms with Gasteiger partial charge in [0.15, 0.2) is 5.79 Å². The van der Waals surface area contributed by atoms with Gasteiger partial charge in [0, 0.05) is 38.9 Å². The molecule has 0 aliphatic carbocycles. The van der Waals surface area contributed by atoms with Crippen molar-refractivity contribution in [2.75, 3.05) is 39.5 Å². The summed E-state index contributed by atoms with van der Waals surface area (Å²) in [7, 11) is 0. The van der Waals surface area contributed by atoms with Gasteiger partial charge in [0.05, 0.1) is 19.8 Å². The third-order valence-electron chi connectivity index (χ3n) is 4.90. The van der Waals surface area contributed by atoms with E-state index in [0.29, 0.717) is 0 Å². The highest BCUT2D eigenvalue weighted by molar-refractivity contribution is 5.39. The highest BCUT2D eigenvalue weighted by Crippen LogP contribution is 2.31. The summed E-state index contributed by atoms with van der Waals surface area (Å²) in [6.07, 6.45) is 4.18. The van der Waals surface area contributed by atoms with E-state index < -0.39 is 0 Å². The van der Waals surface area contributed by atoms with Gasteiger partial charge in [-0.05, 0) is 23.6 Å². The zero-order valence-corrected chi connectivity index (χ0v) is 12.5. The van der Waals surface area contributed by atoms with E-state index in [1.807, 2.05) is 0 Å². The van der Waals surface area contributed by atoms with Gasteiger partial charge in [-0.2, -0.15) is 0 Å². The molecule has 0 unspecified atom stereocenters. The maximum Gasteiger partial charge on any atom is 0.170 e. The van der Waals surface area contributed by atoms with Crippen molar-refractivity contribution >= 4 is 0 Å². The Bertz CT molecular complexity index is 501. The second kappa shape index (κ2) is 5.59. The Hall–Kier alpha value is -1.10. The van der Waals surface area contributed by atoms with Gasteiger partial charge in [-0.3, -0.25) is 0 Å². The molecule has 3 heterocycles. The zero-order chi connectivity index (χ0) is 14.1. The van der Waals surface area contributed by atoms with Gasteiger partial charge in [0.1, 0.15) is 5.75 Å². The van der Waals surface area contributed by atoms with Crippen LogP contribution in [0.3, 0.4) is 0 Å². The molecule has 0 saturated carbocycles. The maximum atomic E-state index is 5.78. The van der Waals surface area contributed by atoms with E-state index in [4.69, 9.17) is 14.2 Å². The van der Waals surface area contributed by atoms with E-state index in [0.717, 1.165) is 70.9 Å². The van der Waals surface area contributed by atoms with E-state index in [-0.39, 0.29) is 5.79 Å². The molecular formula is C17H23NO3. The molecule has 2 saturated heterocycles. The Kier molecular flexibility index (Phi) is 3.61. The summed E-state index contributed by atoms with van der Waals surface area (Å²) in [5, 5.41) is 0. The molecule has 3 aliphatic heterocycles. The third kappa shape index (κ3) is 2.80. The number of fused-ring (bicyclic) bond motifs is 1. The maximum absolute atomic E-state index is 5.78. The Balaban J connectivity index is 1.29. The van der Waals surface area contributed by atoms with Crippen LogP contribution in [0.1, 0.15) is 24.0 Å². The molecule has 0 atom stereocenters. The molecule has 4 rings (SSSR count). The molecular weight excluding hydrogens is 266 g/mol. The first-order valence-electron chi connectivity index (χ1n) is 8.08. The lowest BCUT2D eigenvalue weighted by molar-refractivity contribution is -0.185. The van der Waals surface area contributed by atoms with Crippen LogP contribution in [0, 0.1) is 0 Å². The molecule has 3 aliphatic rings. The molecule has 21 heavy (non-hydrogen) atoms. The molecule has 2 fully saturated rings. The van der Waals surface area contributed by atoms with Crippen molar-refractivity contribution in [1.82, 2.24) is 4.90 Å². The fraction of sp³-hybridized carbons (Fsp3) is 0.647. The number of hydrogen-bond acceptors (Lipinski definition) is 4. The van der Waals surface area contributed by atoms with E-state index in [2.05, 4.69) is 23.1 Å². The van der Waals surface area contributed by atoms with Crippen molar-refractivity contribution in [3.8, 4) is 5.75 Å². The average Bonchev–Trinajstić information content (AvgIpc) is 3.16. The lowest BCUT2D eigenvalue weighted by Gasteiger charge is -2.37. The normalized spacial score (nSPS) is 24.2. The van der Waals surface area contributed by atoms with Gasteiger partial charge in [-0.15, -0.1) is 0 Å². The average molecular weight is 289 g/mol. The minimum absolute atomic E-state index is 0.249. The summed E-state index contributed by atoms with van der Waals surface area (Å²) in [6.45, 7) is 5.64. The summed E-state index contributed by atoms with van der Waals surface area (Å²) in [5.41, 5.74) is 2.80. The van der Waals surface area contributed by atoms with Crippen LogP contribution in [0.2, 0.25) is 0 Å². The van der Waals surface area contributed by atoms with Crippen molar-refractivity contribution in [3.05, 3.63) is 29.3 Å². The van der Waals surface area contributed by atoms with E-state index in [1.165, 1.54) is 11.1 Å². The molecule has 1 spiro atoms. The largest absolute Gasteiger partial charge is 0.493 e. The van der Waals surface area contributed by atoms with Gasteiger partial charge < -0.3 is 19.1 Å². The minimum Gasteiger partial charge on any atom is -0.493 e. The summed E-state index contributed by atoms with van der Waals surface area (Å²) < 4.78 is 17.1. The lowest BCUT2D eigenvalue weighted by Crippen LogP contribution is -2.45. The Morgan fingerprint density at radius 3 is 2.67 bits per heavy atom. The first kappa shape index (κ1) is 13.6. The minimum atomic E-state index is -0.249. The standard InChI is InChI=1S/C17H23NO3/c1-2-16-15(4-10-19-16)13-14(1)3-7-18-8-5-17(6-9-18)20-11-12-21-17/h1-2,13H,3-12H2. The highest BCUT2D eigenvalue weighted by Gasteiger charge is 2.39. The molecule has 0 N–H and O–H groups in total. The quantitative estimate of drug-likeness (QED) is 0.851. The molecule has 114 valence electrons. The van der Waals surface area contributed by atoms with Gasteiger partial charge in [-0.25, -0.2) is 0 Å². The second-order valence-corrected chi connectivity index (χ2v) is 6.24. The van der Waals surface area contributed by atoms with Crippen LogP contribution in [-0.4, -0.2) is 50.1 Å². The molecule has 0 aromatic heterocycles. The summed E-state index contributed by atoms with van der Waals surface area (Å²) in [6, 6.07) is 6.65.